The molecule has 0 saturated carbocycles. The van der Waals surface area contributed by atoms with Crippen molar-refractivity contribution in [3.05, 3.63) is 114 Å². The van der Waals surface area contributed by atoms with Gasteiger partial charge in [-0.2, -0.15) is 4.99 Å². The molecular formula is C22H18Cl5NOSn. The molecule has 8 heteroatoms. The number of ether oxygens (including phenoxy) is 1. The summed E-state index contributed by atoms with van der Waals surface area (Å²) in [5.74, 6) is 1.66. The van der Waals surface area contributed by atoms with E-state index in [1.165, 1.54) is 5.56 Å². The molecule has 0 radical (unpaired) electrons. The van der Waals surface area contributed by atoms with Gasteiger partial charge in [-0.15, -0.1) is 0 Å². The van der Waals surface area contributed by atoms with E-state index in [4.69, 9.17) is 49.3 Å². The molecule has 0 saturated heterocycles. The minimum absolute atomic E-state index is 0.0744. The monoisotopic (exact) mass is 607 g/mol. The maximum absolute atomic E-state index is 6.18. The molecule has 1 aliphatic rings. The molecule has 1 heterocycles. The second kappa shape index (κ2) is 10.2. The first-order chi connectivity index (χ1) is 14.1. The van der Waals surface area contributed by atoms with Gasteiger partial charge in [-0.25, -0.2) is 0 Å². The molecule has 30 heavy (non-hydrogen) atoms. The summed E-state index contributed by atoms with van der Waals surface area (Å²) in [6.45, 7) is 0. The predicted octanol–water partition coefficient (Wildman–Crippen LogP) is 6.39. The van der Waals surface area contributed by atoms with Crippen molar-refractivity contribution in [3.8, 4) is 0 Å². The molecule has 0 aliphatic carbocycles. The average Bonchev–Trinajstić information content (AvgIpc) is 2.74. The average molecular weight is 608 g/mol. The third-order valence-corrected chi connectivity index (χ3v) is 4.07. The van der Waals surface area contributed by atoms with Crippen LogP contribution in [0.4, 0.5) is 0 Å². The minimum atomic E-state index is -4.40. The van der Waals surface area contributed by atoms with E-state index >= 15 is 0 Å². The molecule has 1 unspecified atom stereocenters. The van der Waals surface area contributed by atoms with Crippen LogP contribution in [-0.4, -0.2) is 17.3 Å². The normalized spacial score (nSPS) is 17.2. The number of rotatable bonds is 3. The third kappa shape index (κ3) is 8.33. The van der Waals surface area contributed by atoms with Gasteiger partial charge in [-0.3, -0.25) is 0 Å². The van der Waals surface area contributed by atoms with Gasteiger partial charge < -0.3 is 4.74 Å². The molecule has 1 N–H and O–H groups in total. The number of hydrogen-bond donors (Lipinski definition) is 1. The second-order valence-electron chi connectivity index (χ2n) is 6.44. The van der Waals surface area contributed by atoms with Crippen LogP contribution in [0.15, 0.2) is 97.1 Å². The third-order valence-electron chi connectivity index (χ3n) is 4.07. The molecule has 0 aromatic heterocycles. The van der Waals surface area contributed by atoms with E-state index in [1.54, 1.807) is 0 Å². The van der Waals surface area contributed by atoms with Crippen LogP contribution in [0.5, 0.6) is 0 Å². The van der Waals surface area contributed by atoms with Gasteiger partial charge in [0.05, 0.1) is 5.56 Å². The van der Waals surface area contributed by atoms with E-state index in [1.807, 2.05) is 42.5 Å². The van der Waals surface area contributed by atoms with E-state index < -0.39 is 11.4 Å². The van der Waals surface area contributed by atoms with E-state index in [0.29, 0.717) is 0 Å². The van der Waals surface area contributed by atoms with Crippen LogP contribution in [-0.2, 0) is 4.74 Å². The van der Waals surface area contributed by atoms with Gasteiger partial charge in [0.1, 0.15) is 5.76 Å². The molecule has 2 nitrogen and oxygen atoms in total. The predicted molar refractivity (Wildman–Crippen MR) is 131 cm³/mol. The summed E-state index contributed by atoms with van der Waals surface area (Å²) < 4.78 is 6.18. The van der Waals surface area contributed by atoms with Gasteiger partial charge in [0.25, 0.3) is 0 Å². The van der Waals surface area contributed by atoms with E-state index in [0.717, 1.165) is 22.8 Å². The molecule has 0 spiro atoms. The van der Waals surface area contributed by atoms with Crippen molar-refractivity contribution in [1.29, 1.82) is 0 Å². The number of nitrogens with one attached hydrogen (secondary N) is 1. The Kier molecular flexibility index (Phi) is 8.05. The van der Waals surface area contributed by atoms with E-state index in [-0.39, 0.29) is 6.04 Å². The maximum atomic E-state index is 6.18. The topological polar surface area (TPSA) is 23.2 Å². The van der Waals surface area contributed by atoms with Crippen LogP contribution in [0.25, 0.3) is 5.76 Å². The van der Waals surface area contributed by atoms with Gasteiger partial charge in [0.15, 0.2) is 0 Å². The molecule has 4 rings (SSSR count). The van der Waals surface area contributed by atoms with Gasteiger partial charge in [0.2, 0.25) is 6.04 Å². The Labute approximate surface area is 195 Å². The quantitative estimate of drug-likeness (QED) is 0.343. The summed E-state index contributed by atoms with van der Waals surface area (Å²) in [5.41, 5.74) is 3.33. The van der Waals surface area contributed by atoms with E-state index in [2.05, 4.69) is 59.6 Å². The van der Waals surface area contributed by atoms with Crippen molar-refractivity contribution < 1.29 is 9.73 Å². The van der Waals surface area contributed by atoms with Crippen molar-refractivity contribution >= 4 is 67.6 Å². The number of benzene rings is 3. The summed E-state index contributed by atoms with van der Waals surface area (Å²) in [6.07, 6.45) is 2.14. The Morgan fingerprint density at radius 2 is 1.07 bits per heavy atom. The fraction of sp³-hybridized carbons (Fsp3) is 0.0455. The van der Waals surface area contributed by atoms with Crippen LogP contribution >= 0.6 is 44.6 Å². The van der Waals surface area contributed by atoms with Crippen LogP contribution in [0.2, 0.25) is 0 Å². The molecule has 3 aromatic carbocycles. The van der Waals surface area contributed by atoms with Crippen molar-refractivity contribution in [3.63, 3.8) is 0 Å². The molecular weight excluding hydrogens is 590 g/mol. The zero-order valence-electron chi connectivity index (χ0n) is 15.6. The van der Waals surface area contributed by atoms with Gasteiger partial charge >= 0.3 is 61.9 Å². The molecule has 1 aliphatic heterocycles. The van der Waals surface area contributed by atoms with Crippen LogP contribution in [0, 0.1) is 0 Å². The fourth-order valence-corrected chi connectivity index (χ4v) is 2.84. The Balaban J connectivity index is 0.000000377. The molecule has 0 bridgehead atoms. The van der Waals surface area contributed by atoms with Gasteiger partial charge in [0, 0.05) is 17.2 Å². The molecule has 3 aromatic rings. The van der Waals surface area contributed by atoms with E-state index in [9.17, 15) is 0 Å². The van der Waals surface area contributed by atoms with Crippen molar-refractivity contribution in [2.75, 3.05) is 0 Å². The number of hydrogen-bond acceptors (Lipinski definition) is 1. The van der Waals surface area contributed by atoms with Crippen LogP contribution in [0.1, 0.15) is 22.7 Å². The van der Waals surface area contributed by atoms with Crippen molar-refractivity contribution in [2.24, 2.45) is 0 Å². The van der Waals surface area contributed by atoms with Crippen LogP contribution in [0.3, 0.4) is 0 Å². The number of halogens is 5. The summed E-state index contributed by atoms with van der Waals surface area (Å²) in [5, 5.41) is 0. The fourth-order valence-electron chi connectivity index (χ4n) is 2.84. The Morgan fingerprint density at radius 1 is 0.633 bits per heavy atom. The first kappa shape index (κ1) is 23.8. The van der Waals surface area contributed by atoms with Crippen molar-refractivity contribution in [2.45, 2.75) is 6.04 Å². The molecule has 1 atom stereocenters. The Morgan fingerprint density at radius 3 is 1.57 bits per heavy atom. The summed E-state index contributed by atoms with van der Waals surface area (Å²) in [6, 6.07) is 30.9. The molecule has 0 fully saturated rings. The summed E-state index contributed by atoms with van der Waals surface area (Å²) in [4.78, 5) is 3.50. The van der Waals surface area contributed by atoms with Gasteiger partial charge in [-0.1, -0.05) is 78.9 Å². The summed E-state index contributed by atoms with van der Waals surface area (Å²) in [7, 11) is 25.3. The zero-order chi connectivity index (χ0) is 21.6. The molecule has 0 amide bonds. The molecule has 156 valence electrons. The van der Waals surface area contributed by atoms with Crippen molar-refractivity contribution in [1.82, 2.24) is 0 Å². The zero-order valence-corrected chi connectivity index (χ0v) is 22.2. The first-order valence-corrected chi connectivity index (χ1v) is 27.1. The summed E-state index contributed by atoms with van der Waals surface area (Å²) >= 11 is -4.40. The first-order valence-electron chi connectivity index (χ1n) is 9.03. The Hall–Kier alpha value is -0.881. The Bertz CT molecular complexity index is 960. The second-order valence-corrected chi connectivity index (χ2v) is 48.9. The SMILES string of the molecule is C1=C(c2ccccc2)OC(c2ccccc2)=[NH+]C1c1ccccc1.[Cl][Sn-]([Cl])([Cl])([Cl])[Cl]. The van der Waals surface area contributed by atoms with Crippen LogP contribution < -0.4 is 4.99 Å². The van der Waals surface area contributed by atoms with Gasteiger partial charge in [-0.05, 0) is 12.1 Å². The standard InChI is InChI=1S/C22H17NO.5ClH.Sn/c1-4-10-17(11-5-1)20-16-21(18-12-6-2-7-13-18)24-22(23-20)19-14-8-3-9-15-19;;;;;;/h1-16,20H;5*1H;/q;;;;;;+4/p-4.